The van der Waals surface area contributed by atoms with Gasteiger partial charge in [0, 0.05) is 12.1 Å². The van der Waals surface area contributed by atoms with Crippen molar-refractivity contribution in [2.24, 2.45) is 0 Å². The van der Waals surface area contributed by atoms with E-state index in [-0.39, 0.29) is 33.8 Å². The summed E-state index contributed by atoms with van der Waals surface area (Å²) in [5, 5.41) is 21.2. The number of hydrogen-bond acceptors (Lipinski definition) is 7. The predicted molar refractivity (Wildman–Crippen MR) is 73.5 cm³/mol. The molecule has 0 aliphatic carbocycles. The van der Waals surface area contributed by atoms with E-state index in [0.29, 0.717) is 0 Å². The van der Waals surface area contributed by atoms with Crippen LogP contribution in [0.2, 0.25) is 5.02 Å². The van der Waals surface area contributed by atoms with Crippen molar-refractivity contribution in [2.45, 2.75) is 0 Å². The molecule has 9 nitrogen and oxygen atoms in total. The number of nitro benzene ring substituents is 1. The SMILES string of the molecule is Nc1cc([N+](=O)[O-])cc(Oc2ccc([N+](=O)[O-])c(Cl)c2)n1. The van der Waals surface area contributed by atoms with Gasteiger partial charge in [0.15, 0.2) is 0 Å². The van der Waals surface area contributed by atoms with E-state index >= 15 is 0 Å². The first-order valence-corrected chi connectivity index (χ1v) is 5.78. The van der Waals surface area contributed by atoms with Gasteiger partial charge >= 0.3 is 0 Å². The summed E-state index contributed by atoms with van der Waals surface area (Å²) >= 11 is 5.73. The zero-order valence-corrected chi connectivity index (χ0v) is 11.0. The minimum Gasteiger partial charge on any atom is -0.439 e. The molecule has 1 heterocycles. The summed E-state index contributed by atoms with van der Waals surface area (Å²) in [4.78, 5) is 23.8. The summed E-state index contributed by atoms with van der Waals surface area (Å²) in [6.45, 7) is 0. The average molecular weight is 311 g/mol. The molecule has 2 rings (SSSR count). The van der Waals surface area contributed by atoms with Crippen LogP contribution in [0.4, 0.5) is 17.2 Å². The molecule has 0 unspecified atom stereocenters. The molecule has 0 amide bonds. The highest BCUT2D eigenvalue weighted by molar-refractivity contribution is 6.32. The lowest BCUT2D eigenvalue weighted by Crippen LogP contribution is -1.97. The Labute approximate surface area is 122 Å². The smallest absolute Gasteiger partial charge is 0.288 e. The number of anilines is 1. The molecular weight excluding hydrogens is 304 g/mol. The number of halogens is 1. The maximum absolute atomic E-state index is 10.7. The fourth-order valence-corrected chi connectivity index (χ4v) is 1.73. The lowest BCUT2D eigenvalue weighted by atomic mass is 10.3. The van der Waals surface area contributed by atoms with E-state index in [9.17, 15) is 20.2 Å². The quantitative estimate of drug-likeness (QED) is 0.677. The number of nitrogens with zero attached hydrogens (tertiary/aromatic N) is 3. The van der Waals surface area contributed by atoms with Crippen LogP contribution in [-0.2, 0) is 0 Å². The number of hydrogen-bond donors (Lipinski definition) is 1. The average Bonchev–Trinajstić information content (AvgIpc) is 2.37. The number of rotatable bonds is 4. The maximum Gasteiger partial charge on any atom is 0.288 e. The van der Waals surface area contributed by atoms with Crippen LogP contribution < -0.4 is 10.5 Å². The van der Waals surface area contributed by atoms with Crippen LogP contribution in [0.25, 0.3) is 0 Å². The van der Waals surface area contributed by atoms with Crippen LogP contribution in [0.5, 0.6) is 11.6 Å². The Hall–Kier alpha value is -2.94. The van der Waals surface area contributed by atoms with Crippen molar-refractivity contribution in [3.05, 3.63) is 55.6 Å². The number of nitro groups is 2. The zero-order valence-electron chi connectivity index (χ0n) is 10.2. The van der Waals surface area contributed by atoms with Gasteiger partial charge in [-0.2, -0.15) is 4.98 Å². The minimum absolute atomic E-state index is 0.0905. The molecule has 2 N–H and O–H groups in total. The Morgan fingerprint density at radius 1 is 1.14 bits per heavy atom. The van der Waals surface area contributed by atoms with Crippen LogP contribution in [-0.4, -0.2) is 14.8 Å². The number of nitrogens with two attached hydrogens (primary N) is 1. The minimum atomic E-state index is -0.645. The lowest BCUT2D eigenvalue weighted by Gasteiger charge is -2.06. The number of pyridine rings is 1. The Kier molecular flexibility index (Phi) is 3.85. The summed E-state index contributed by atoms with van der Waals surface area (Å²) in [6.07, 6.45) is 0. The van der Waals surface area contributed by atoms with Crippen LogP contribution in [0.3, 0.4) is 0 Å². The van der Waals surface area contributed by atoms with Gasteiger partial charge < -0.3 is 10.5 Å². The van der Waals surface area contributed by atoms with Crippen LogP contribution in [0, 0.1) is 20.2 Å². The van der Waals surface area contributed by atoms with Gasteiger partial charge in [-0.15, -0.1) is 0 Å². The standard InChI is InChI=1S/C11H7ClN4O5/c12-8-5-7(1-2-9(8)16(19)20)21-11-4-6(15(17)18)3-10(13)14-11/h1-5H,(H2,13,14). The van der Waals surface area contributed by atoms with Crippen molar-refractivity contribution in [3.8, 4) is 11.6 Å². The van der Waals surface area contributed by atoms with Crippen molar-refractivity contribution >= 4 is 28.8 Å². The van der Waals surface area contributed by atoms with Gasteiger partial charge in [0.05, 0.1) is 22.0 Å². The normalized spacial score (nSPS) is 10.1. The summed E-state index contributed by atoms with van der Waals surface area (Å²) < 4.78 is 5.26. The first-order valence-electron chi connectivity index (χ1n) is 5.40. The molecule has 10 heteroatoms. The number of ether oxygens (including phenoxy) is 1. The molecule has 0 bridgehead atoms. The van der Waals surface area contributed by atoms with E-state index in [1.54, 1.807) is 0 Å². The highest BCUT2D eigenvalue weighted by Gasteiger charge is 2.15. The second-order valence-corrected chi connectivity index (χ2v) is 4.23. The van der Waals surface area contributed by atoms with E-state index in [1.807, 2.05) is 0 Å². The Bertz CT molecular complexity index is 737. The number of nitrogen functional groups attached to an aromatic ring is 1. The van der Waals surface area contributed by atoms with E-state index < -0.39 is 9.85 Å². The summed E-state index contributed by atoms with van der Waals surface area (Å²) in [7, 11) is 0. The number of benzene rings is 1. The second kappa shape index (κ2) is 5.59. The van der Waals surface area contributed by atoms with Crippen LogP contribution in [0.15, 0.2) is 30.3 Å². The van der Waals surface area contributed by atoms with Gasteiger partial charge in [0.25, 0.3) is 11.4 Å². The summed E-state index contributed by atoms with van der Waals surface area (Å²) in [5.74, 6) is -0.0724. The monoisotopic (exact) mass is 310 g/mol. The molecule has 0 spiro atoms. The molecule has 21 heavy (non-hydrogen) atoms. The zero-order chi connectivity index (χ0) is 15.6. The van der Waals surface area contributed by atoms with Crippen molar-refractivity contribution in [1.82, 2.24) is 4.98 Å². The third kappa shape index (κ3) is 3.34. The van der Waals surface area contributed by atoms with Gasteiger partial charge in [0.2, 0.25) is 5.88 Å². The Morgan fingerprint density at radius 2 is 1.86 bits per heavy atom. The molecule has 0 fully saturated rings. The molecule has 108 valence electrons. The van der Waals surface area contributed by atoms with Crippen molar-refractivity contribution in [1.29, 1.82) is 0 Å². The van der Waals surface area contributed by atoms with E-state index in [4.69, 9.17) is 22.1 Å². The largest absolute Gasteiger partial charge is 0.439 e. The van der Waals surface area contributed by atoms with Gasteiger partial charge in [-0.05, 0) is 6.07 Å². The third-order valence-corrected chi connectivity index (χ3v) is 2.66. The van der Waals surface area contributed by atoms with Gasteiger partial charge in [0.1, 0.15) is 16.6 Å². The Balaban J connectivity index is 2.32. The fraction of sp³-hybridized carbons (Fsp3) is 0. The van der Waals surface area contributed by atoms with E-state index in [2.05, 4.69) is 4.98 Å². The number of aromatic nitrogens is 1. The molecule has 0 aliphatic heterocycles. The summed E-state index contributed by atoms with van der Waals surface area (Å²) in [5.41, 5.74) is 4.87. The molecule has 0 atom stereocenters. The maximum atomic E-state index is 10.7. The van der Waals surface area contributed by atoms with Gasteiger partial charge in [-0.25, -0.2) is 0 Å². The van der Waals surface area contributed by atoms with E-state index in [0.717, 1.165) is 18.2 Å². The third-order valence-electron chi connectivity index (χ3n) is 2.36. The lowest BCUT2D eigenvalue weighted by molar-refractivity contribution is -0.385. The van der Waals surface area contributed by atoms with Gasteiger partial charge in [-0.1, -0.05) is 11.6 Å². The molecule has 2 aromatic rings. The Morgan fingerprint density at radius 3 is 2.43 bits per heavy atom. The molecule has 0 radical (unpaired) electrons. The first kappa shape index (κ1) is 14.5. The van der Waals surface area contributed by atoms with Crippen LogP contribution in [0.1, 0.15) is 0 Å². The molecule has 1 aromatic carbocycles. The highest BCUT2D eigenvalue weighted by atomic mass is 35.5. The van der Waals surface area contributed by atoms with Crippen molar-refractivity contribution in [3.63, 3.8) is 0 Å². The highest BCUT2D eigenvalue weighted by Crippen LogP contribution is 2.31. The van der Waals surface area contributed by atoms with Crippen molar-refractivity contribution in [2.75, 3.05) is 5.73 Å². The molecule has 1 aromatic heterocycles. The molecule has 0 saturated heterocycles. The molecule has 0 saturated carbocycles. The summed E-state index contributed by atoms with van der Waals surface area (Å²) in [6, 6.07) is 5.80. The predicted octanol–water partition coefficient (Wildman–Crippen LogP) is 2.93. The van der Waals surface area contributed by atoms with Gasteiger partial charge in [-0.3, -0.25) is 20.2 Å². The topological polar surface area (TPSA) is 134 Å². The van der Waals surface area contributed by atoms with Crippen LogP contribution >= 0.6 is 11.6 Å². The first-order chi connectivity index (χ1) is 9.86. The van der Waals surface area contributed by atoms with E-state index in [1.165, 1.54) is 12.1 Å². The molecular formula is C11H7ClN4O5. The fourth-order valence-electron chi connectivity index (χ4n) is 1.49. The second-order valence-electron chi connectivity index (χ2n) is 3.82. The molecule has 0 aliphatic rings. The van der Waals surface area contributed by atoms with Crippen molar-refractivity contribution < 1.29 is 14.6 Å².